The van der Waals surface area contributed by atoms with Crippen molar-refractivity contribution in [2.75, 3.05) is 0 Å². The maximum Gasteiger partial charge on any atom is 0.414 e. The number of aromatic hydroxyl groups is 1. The third kappa shape index (κ3) is 1.29. The predicted octanol–water partition coefficient (Wildman–Crippen LogP) is 0.485. The molecule has 1 atom stereocenters. The molecule has 0 aromatic heterocycles. The Labute approximate surface area is 73.6 Å². The molecule has 0 radical (unpaired) electrons. The van der Waals surface area contributed by atoms with E-state index in [1.807, 2.05) is 0 Å². The number of hydrogen-bond acceptors (Lipinski definition) is 4. The standard InChI is InChI=1S/C8H7NO4/c10-4-1-2-6-5(3-4)7(11)9-8(12)13-6/h1-3,7,10-11H,(H,9,12). The normalized spacial score (nSPS) is 20.1. The summed E-state index contributed by atoms with van der Waals surface area (Å²) in [7, 11) is 0. The first-order valence-corrected chi connectivity index (χ1v) is 3.66. The molecule has 0 saturated heterocycles. The second kappa shape index (κ2) is 2.63. The van der Waals surface area contributed by atoms with Crippen LogP contribution in [0, 0.1) is 0 Å². The number of hydrogen-bond donors (Lipinski definition) is 3. The van der Waals surface area contributed by atoms with Crippen molar-refractivity contribution in [2.24, 2.45) is 0 Å². The molecular weight excluding hydrogens is 174 g/mol. The highest BCUT2D eigenvalue weighted by Crippen LogP contribution is 2.30. The molecule has 1 unspecified atom stereocenters. The molecule has 1 aliphatic rings. The van der Waals surface area contributed by atoms with Gasteiger partial charge in [-0.15, -0.1) is 0 Å². The average molecular weight is 181 g/mol. The summed E-state index contributed by atoms with van der Waals surface area (Å²) in [4.78, 5) is 10.8. The number of carbonyl (C=O) groups is 1. The van der Waals surface area contributed by atoms with E-state index in [-0.39, 0.29) is 11.5 Å². The van der Waals surface area contributed by atoms with E-state index < -0.39 is 12.3 Å². The van der Waals surface area contributed by atoms with E-state index in [4.69, 9.17) is 9.84 Å². The molecule has 0 aliphatic carbocycles. The Bertz CT molecular complexity index is 363. The Balaban J connectivity index is 2.49. The van der Waals surface area contributed by atoms with Crippen LogP contribution in [-0.4, -0.2) is 16.3 Å². The van der Waals surface area contributed by atoms with Crippen LogP contribution < -0.4 is 10.1 Å². The molecule has 0 bridgehead atoms. The van der Waals surface area contributed by atoms with Gasteiger partial charge in [0.15, 0.2) is 6.23 Å². The summed E-state index contributed by atoms with van der Waals surface area (Å²) >= 11 is 0. The molecule has 0 fully saturated rings. The van der Waals surface area contributed by atoms with Crippen LogP contribution in [0.15, 0.2) is 18.2 Å². The lowest BCUT2D eigenvalue weighted by Gasteiger charge is -2.21. The highest BCUT2D eigenvalue weighted by Gasteiger charge is 2.24. The van der Waals surface area contributed by atoms with Crippen molar-refractivity contribution < 1.29 is 19.7 Å². The van der Waals surface area contributed by atoms with Gasteiger partial charge in [-0.25, -0.2) is 4.79 Å². The molecule has 5 nitrogen and oxygen atoms in total. The first-order chi connectivity index (χ1) is 6.16. The Morgan fingerprint density at radius 2 is 2.23 bits per heavy atom. The summed E-state index contributed by atoms with van der Waals surface area (Å²) < 4.78 is 4.74. The lowest BCUT2D eigenvalue weighted by atomic mass is 10.1. The maximum atomic E-state index is 10.8. The molecule has 0 spiro atoms. The van der Waals surface area contributed by atoms with Crippen LogP contribution >= 0.6 is 0 Å². The van der Waals surface area contributed by atoms with Gasteiger partial charge in [0.2, 0.25) is 0 Å². The molecule has 13 heavy (non-hydrogen) atoms. The first-order valence-electron chi connectivity index (χ1n) is 3.66. The minimum absolute atomic E-state index is 0.0116. The van der Waals surface area contributed by atoms with Crippen molar-refractivity contribution in [2.45, 2.75) is 6.23 Å². The van der Waals surface area contributed by atoms with Crippen LogP contribution in [0.1, 0.15) is 11.8 Å². The van der Waals surface area contributed by atoms with Crippen LogP contribution in [0.4, 0.5) is 4.79 Å². The third-order valence-electron chi connectivity index (χ3n) is 1.75. The van der Waals surface area contributed by atoms with Gasteiger partial charge in [-0.3, -0.25) is 5.32 Å². The van der Waals surface area contributed by atoms with Crippen LogP contribution in [0.3, 0.4) is 0 Å². The van der Waals surface area contributed by atoms with Gasteiger partial charge in [0.25, 0.3) is 0 Å². The van der Waals surface area contributed by atoms with Gasteiger partial charge in [0.1, 0.15) is 11.5 Å². The molecule has 1 amide bonds. The highest BCUT2D eigenvalue weighted by atomic mass is 16.6. The van der Waals surface area contributed by atoms with E-state index in [0.29, 0.717) is 5.56 Å². The first kappa shape index (κ1) is 7.88. The van der Waals surface area contributed by atoms with Crippen molar-refractivity contribution >= 4 is 6.09 Å². The minimum atomic E-state index is -1.12. The SMILES string of the molecule is O=C1NC(O)c2cc(O)ccc2O1. The highest BCUT2D eigenvalue weighted by molar-refractivity contribution is 5.73. The van der Waals surface area contributed by atoms with Crippen LogP contribution in [0.25, 0.3) is 0 Å². The Hall–Kier alpha value is -1.75. The smallest absolute Gasteiger partial charge is 0.414 e. The quantitative estimate of drug-likeness (QED) is 0.544. The second-order valence-corrected chi connectivity index (χ2v) is 2.66. The molecule has 1 aromatic rings. The largest absolute Gasteiger partial charge is 0.508 e. The zero-order chi connectivity index (χ0) is 9.42. The number of carbonyl (C=O) groups excluding carboxylic acids is 1. The van der Waals surface area contributed by atoms with Crippen molar-refractivity contribution in [1.82, 2.24) is 5.32 Å². The zero-order valence-corrected chi connectivity index (χ0v) is 6.52. The van der Waals surface area contributed by atoms with Gasteiger partial charge >= 0.3 is 6.09 Å². The topological polar surface area (TPSA) is 78.8 Å². The van der Waals surface area contributed by atoms with Gasteiger partial charge in [0, 0.05) is 5.56 Å². The number of nitrogens with one attached hydrogen (secondary N) is 1. The Morgan fingerprint density at radius 1 is 1.46 bits per heavy atom. The summed E-state index contributed by atoms with van der Waals surface area (Å²) in [6.07, 6.45) is -1.82. The number of ether oxygens (including phenoxy) is 1. The number of rotatable bonds is 0. The van der Waals surface area contributed by atoms with E-state index in [9.17, 15) is 9.90 Å². The van der Waals surface area contributed by atoms with E-state index in [1.54, 1.807) is 0 Å². The number of benzene rings is 1. The number of phenolic OH excluding ortho intramolecular Hbond substituents is 1. The molecule has 68 valence electrons. The molecule has 3 N–H and O–H groups in total. The number of amides is 1. The fourth-order valence-corrected chi connectivity index (χ4v) is 1.16. The monoisotopic (exact) mass is 181 g/mol. The lowest BCUT2D eigenvalue weighted by molar-refractivity contribution is 0.108. The van der Waals surface area contributed by atoms with Crippen LogP contribution in [0.2, 0.25) is 0 Å². The number of phenols is 1. The molecule has 1 heterocycles. The summed E-state index contributed by atoms with van der Waals surface area (Å²) in [6, 6.07) is 4.14. The van der Waals surface area contributed by atoms with Gasteiger partial charge in [-0.2, -0.15) is 0 Å². The lowest BCUT2D eigenvalue weighted by Crippen LogP contribution is -2.35. The summed E-state index contributed by atoms with van der Waals surface area (Å²) in [5.41, 5.74) is 0.347. The predicted molar refractivity (Wildman–Crippen MR) is 42.2 cm³/mol. The van der Waals surface area contributed by atoms with E-state index in [1.165, 1.54) is 18.2 Å². The summed E-state index contributed by atoms with van der Waals surface area (Å²) in [5, 5.41) is 20.6. The van der Waals surface area contributed by atoms with E-state index in [0.717, 1.165) is 0 Å². The third-order valence-corrected chi connectivity index (χ3v) is 1.75. The van der Waals surface area contributed by atoms with Crippen molar-refractivity contribution in [3.63, 3.8) is 0 Å². The van der Waals surface area contributed by atoms with Gasteiger partial charge in [-0.1, -0.05) is 0 Å². The molecule has 2 rings (SSSR count). The summed E-state index contributed by atoms with van der Waals surface area (Å²) in [6.45, 7) is 0. The van der Waals surface area contributed by atoms with E-state index in [2.05, 4.69) is 5.32 Å². The van der Waals surface area contributed by atoms with Crippen LogP contribution in [-0.2, 0) is 0 Å². The van der Waals surface area contributed by atoms with Gasteiger partial charge < -0.3 is 14.9 Å². The number of aliphatic hydroxyl groups is 1. The van der Waals surface area contributed by atoms with E-state index >= 15 is 0 Å². The molecular formula is C8H7NO4. The van der Waals surface area contributed by atoms with Gasteiger partial charge in [0.05, 0.1) is 0 Å². The molecule has 0 saturated carbocycles. The fraction of sp³-hybridized carbons (Fsp3) is 0.125. The van der Waals surface area contributed by atoms with Crippen LogP contribution in [0.5, 0.6) is 11.5 Å². The number of fused-ring (bicyclic) bond motifs is 1. The van der Waals surface area contributed by atoms with Gasteiger partial charge in [-0.05, 0) is 18.2 Å². The maximum absolute atomic E-state index is 10.8. The molecule has 1 aliphatic heterocycles. The molecule has 1 aromatic carbocycles. The molecule has 5 heteroatoms. The summed E-state index contributed by atoms with van der Waals surface area (Å²) in [5.74, 6) is 0.270. The van der Waals surface area contributed by atoms with Crippen molar-refractivity contribution in [1.29, 1.82) is 0 Å². The Kier molecular flexibility index (Phi) is 1.60. The minimum Gasteiger partial charge on any atom is -0.508 e. The second-order valence-electron chi connectivity index (χ2n) is 2.66. The zero-order valence-electron chi connectivity index (χ0n) is 6.52. The Morgan fingerprint density at radius 3 is 3.00 bits per heavy atom. The van der Waals surface area contributed by atoms with Crippen molar-refractivity contribution in [3.05, 3.63) is 23.8 Å². The average Bonchev–Trinajstić information content (AvgIpc) is 2.06. The fourth-order valence-electron chi connectivity index (χ4n) is 1.16. The van der Waals surface area contributed by atoms with Crippen molar-refractivity contribution in [3.8, 4) is 11.5 Å². The number of aliphatic hydroxyl groups excluding tert-OH is 1.